The third-order valence-electron chi connectivity index (χ3n) is 5.27. The van der Waals surface area contributed by atoms with Crippen LogP contribution >= 0.6 is 0 Å². The maximum absolute atomic E-state index is 10.9. The van der Waals surface area contributed by atoms with Crippen molar-refractivity contribution < 1.29 is 9.90 Å². The molecule has 0 aromatic heterocycles. The molecule has 0 saturated heterocycles. The van der Waals surface area contributed by atoms with Gasteiger partial charge in [0, 0.05) is 17.8 Å². The van der Waals surface area contributed by atoms with Crippen molar-refractivity contribution >= 4 is 23.6 Å². The largest absolute Gasteiger partial charge is 0.478 e. The van der Waals surface area contributed by atoms with Crippen LogP contribution in [-0.4, -0.2) is 29.4 Å². The van der Waals surface area contributed by atoms with Crippen molar-refractivity contribution in [2.45, 2.75) is 45.6 Å². The summed E-state index contributed by atoms with van der Waals surface area (Å²) in [6, 6.07) is 13.0. The summed E-state index contributed by atoms with van der Waals surface area (Å²) in [7, 11) is 0. The number of aromatic carboxylic acids is 1. The maximum atomic E-state index is 10.9. The molecule has 1 heterocycles. The molecule has 0 spiro atoms. The minimum atomic E-state index is -0.933. The minimum Gasteiger partial charge on any atom is -0.478 e. The molecule has 5 nitrogen and oxygen atoms in total. The van der Waals surface area contributed by atoms with Crippen LogP contribution in [0, 0.1) is 0 Å². The lowest BCUT2D eigenvalue weighted by Crippen LogP contribution is -2.48. The van der Waals surface area contributed by atoms with Crippen LogP contribution in [0.4, 0.5) is 11.4 Å². The number of nitrogens with zero attached hydrogens (tertiary/aromatic N) is 2. The minimum absolute atomic E-state index is 0.167. The van der Waals surface area contributed by atoms with E-state index in [0.717, 1.165) is 24.2 Å². The van der Waals surface area contributed by atoms with E-state index in [1.54, 1.807) is 30.5 Å². The Morgan fingerprint density at radius 2 is 2.00 bits per heavy atom. The molecule has 2 aromatic rings. The number of carboxylic acids is 1. The van der Waals surface area contributed by atoms with Gasteiger partial charge < -0.3 is 10.0 Å². The molecular formula is C22H27N3O2. The second kappa shape index (κ2) is 7.43. The van der Waals surface area contributed by atoms with E-state index in [0.29, 0.717) is 5.92 Å². The van der Waals surface area contributed by atoms with E-state index in [9.17, 15) is 4.79 Å². The molecular weight excluding hydrogens is 338 g/mol. The van der Waals surface area contributed by atoms with Gasteiger partial charge in [0.2, 0.25) is 0 Å². The fourth-order valence-electron chi connectivity index (χ4n) is 4.06. The fourth-order valence-corrected chi connectivity index (χ4v) is 4.06. The maximum Gasteiger partial charge on any atom is 0.335 e. The lowest BCUT2D eigenvalue weighted by atomic mass is 9.79. The van der Waals surface area contributed by atoms with Crippen LogP contribution in [-0.2, 0) is 0 Å². The third kappa shape index (κ3) is 3.97. The van der Waals surface area contributed by atoms with E-state index in [4.69, 9.17) is 5.11 Å². The number of carboxylic acid groups (broad SMARTS) is 1. The normalized spacial score (nSPS) is 18.4. The van der Waals surface area contributed by atoms with Crippen LogP contribution in [0.1, 0.15) is 61.5 Å². The molecule has 0 radical (unpaired) electrons. The predicted molar refractivity (Wildman–Crippen MR) is 111 cm³/mol. The molecule has 1 unspecified atom stereocenters. The van der Waals surface area contributed by atoms with Crippen molar-refractivity contribution in [1.29, 1.82) is 0 Å². The highest BCUT2D eigenvalue weighted by molar-refractivity contribution is 5.88. The highest BCUT2D eigenvalue weighted by atomic mass is 16.4. The lowest BCUT2D eigenvalue weighted by Gasteiger charge is -2.47. The Hall–Kier alpha value is -2.82. The number of anilines is 2. The monoisotopic (exact) mass is 365 g/mol. The number of carbonyl (C=O) groups is 1. The van der Waals surface area contributed by atoms with Gasteiger partial charge >= 0.3 is 5.97 Å². The first-order valence-corrected chi connectivity index (χ1v) is 9.36. The van der Waals surface area contributed by atoms with Gasteiger partial charge in [-0.2, -0.15) is 5.10 Å². The number of nitrogens with one attached hydrogen (secondary N) is 1. The fraction of sp³-hybridized carbons (Fsp3) is 0.364. The molecule has 0 aliphatic carbocycles. The summed E-state index contributed by atoms with van der Waals surface area (Å²) in [6.07, 6.45) is 2.93. The van der Waals surface area contributed by atoms with Gasteiger partial charge in [-0.05, 0) is 80.6 Å². The molecule has 2 aromatic carbocycles. The summed E-state index contributed by atoms with van der Waals surface area (Å²) < 4.78 is 0. The molecule has 27 heavy (non-hydrogen) atoms. The summed E-state index contributed by atoms with van der Waals surface area (Å²) in [5.74, 6) is -0.430. The second-order valence-electron chi connectivity index (χ2n) is 7.73. The van der Waals surface area contributed by atoms with Gasteiger partial charge in [0.1, 0.15) is 0 Å². The Morgan fingerprint density at radius 1 is 1.30 bits per heavy atom. The number of benzene rings is 2. The van der Waals surface area contributed by atoms with Crippen LogP contribution in [0.15, 0.2) is 47.6 Å². The molecule has 1 atom stereocenters. The molecule has 0 fully saturated rings. The Bertz CT molecular complexity index is 856. The van der Waals surface area contributed by atoms with Crippen LogP contribution in [0.3, 0.4) is 0 Å². The molecule has 5 heteroatoms. The summed E-state index contributed by atoms with van der Waals surface area (Å²) in [6.45, 7) is 10.1. The van der Waals surface area contributed by atoms with Crippen LogP contribution in [0.25, 0.3) is 0 Å². The Balaban J connectivity index is 1.76. The highest BCUT2D eigenvalue weighted by Crippen LogP contribution is 2.43. The standard InChI is InChI=1S/C22H27N3O2/c1-5-25-20-11-6-16(12-19(20)15(2)13-22(25,3)4)14-23-24-18-9-7-17(8-10-18)21(26)27/h6-12,14-15,24H,5,13H2,1-4H3,(H,26,27)/b23-14-. The Kier molecular flexibility index (Phi) is 5.22. The number of rotatable bonds is 5. The van der Waals surface area contributed by atoms with Crippen molar-refractivity contribution in [2.75, 3.05) is 16.9 Å². The van der Waals surface area contributed by atoms with Gasteiger partial charge in [0.05, 0.1) is 17.5 Å². The third-order valence-corrected chi connectivity index (χ3v) is 5.27. The molecule has 0 amide bonds. The number of hydrazone groups is 1. The van der Waals surface area contributed by atoms with Crippen LogP contribution < -0.4 is 10.3 Å². The molecule has 1 aliphatic heterocycles. The van der Waals surface area contributed by atoms with Gasteiger partial charge in [-0.3, -0.25) is 5.43 Å². The van der Waals surface area contributed by atoms with Crippen molar-refractivity contribution in [3.05, 3.63) is 59.2 Å². The first kappa shape index (κ1) is 19.0. The first-order chi connectivity index (χ1) is 12.8. The van der Waals surface area contributed by atoms with Gasteiger partial charge in [-0.15, -0.1) is 0 Å². The summed E-state index contributed by atoms with van der Waals surface area (Å²) in [5, 5.41) is 13.2. The van der Waals surface area contributed by atoms with E-state index >= 15 is 0 Å². The molecule has 2 N–H and O–H groups in total. The zero-order chi connectivity index (χ0) is 19.6. The summed E-state index contributed by atoms with van der Waals surface area (Å²) in [4.78, 5) is 13.4. The van der Waals surface area contributed by atoms with Gasteiger partial charge in [0.15, 0.2) is 0 Å². The van der Waals surface area contributed by atoms with Crippen molar-refractivity contribution in [3.8, 4) is 0 Å². The topological polar surface area (TPSA) is 64.9 Å². The van der Waals surface area contributed by atoms with E-state index in [1.165, 1.54) is 11.3 Å². The quantitative estimate of drug-likeness (QED) is 0.582. The second-order valence-corrected chi connectivity index (χ2v) is 7.73. The van der Waals surface area contributed by atoms with Gasteiger partial charge in [-0.25, -0.2) is 4.79 Å². The Morgan fingerprint density at radius 3 is 2.63 bits per heavy atom. The number of hydrogen-bond acceptors (Lipinski definition) is 4. The zero-order valence-corrected chi connectivity index (χ0v) is 16.4. The number of hydrogen-bond donors (Lipinski definition) is 2. The predicted octanol–water partition coefficient (Wildman–Crippen LogP) is 4.94. The average molecular weight is 365 g/mol. The summed E-state index contributed by atoms with van der Waals surface area (Å²) in [5.41, 5.74) is 7.86. The SMILES string of the molecule is CCN1c2ccc(/C=N\Nc3ccc(C(=O)O)cc3)cc2C(C)CC1(C)C. The van der Waals surface area contributed by atoms with Gasteiger partial charge in [-0.1, -0.05) is 13.0 Å². The van der Waals surface area contributed by atoms with Crippen molar-refractivity contribution in [3.63, 3.8) is 0 Å². The average Bonchev–Trinajstić information content (AvgIpc) is 2.62. The number of fused-ring (bicyclic) bond motifs is 1. The van der Waals surface area contributed by atoms with E-state index < -0.39 is 5.97 Å². The van der Waals surface area contributed by atoms with E-state index in [2.05, 4.69) is 61.3 Å². The van der Waals surface area contributed by atoms with Gasteiger partial charge in [0.25, 0.3) is 0 Å². The lowest BCUT2D eigenvalue weighted by molar-refractivity contribution is 0.0697. The van der Waals surface area contributed by atoms with Crippen molar-refractivity contribution in [2.24, 2.45) is 5.10 Å². The summed E-state index contributed by atoms with van der Waals surface area (Å²) >= 11 is 0. The van der Waals surface area contributed by atoms with E-state index in [1.807, 2.05) is 0 Å². The molecule has 1 aliphatic rings. The first-order valence-electron chi connectivity index (χ1n) is 9.36. The van der Waals surface area contributed by atoms with E-state index in [-0.39, 0.29) is 11.1 Å². The Labute approximate surface area is 160 Å². The highest BCUT2D eigenvalue weighted by Gasteiger charge is 2.35. The smallest absolute Gasteiger partial charge is 0.335 e. The van der Waals surface area contributed by atoms with Crippen molar-refractivity contribution in [1.82, 2.24) is 0 Å². The zero-order valence-electron chi connectivity index (χ0n) is 16.4. The van der Waals surface area contributed by atoms with Crippen LogP contribution in [0.5, 0.6) is 0 Å². The molecule has 0 saturated carbocycles. The molecule has 3 rings (SSSR count). The molecule has 142 valence electrons. The molecule has 0 bridgehead atoms. The van der Waals surface area contributed by atoms with Crippen LogP contribution in [0.2, 0.25) is 0 Å².